The Hall–Kier alpha value is -1.20. The quantitative estimate of drug-likeness (QED) is 0.875. The lowest BCUT2D eigenvalue weighted by Crippen LogP contribution is -1.98. The van der Waals surface area contributed by atoms with E-state index in [2.05, 4.69) is 4.98 Å². The molecule has 5 heteroatoms. The Morgan fingerprint density at radius 1 is 1.33 bits per heavy atom. The number of thiophene rings is 1. The summed E-state index contributed by atoms with van der Waals surface area (Å²) in [7, 11) is 0. The van der Waals surface area contributed by atoms with Gasteiger partial charge in [-0.25, -0.2) is 9.78 Å². The Morgan fingerprint density at radius 3 is 2.53 bits per heavy atom. The summed E-state index contributed by atoms with van der Waals surface area (Å²) in [4.78, 5) is 17.9. The molecule has 0 aliphatic rings. The number of carboxylic acid groups (broad SMARTS) is 1. The van der Waals surface area contributed by atoms with Crippen molar-refractivity contribution in [3.05, 3.63) is 27.6 Å². The Balaban J connectivity index is 2.46. The van der Waals surface area contributed by atoms with Crippen molar-refractivity contribution in [2.45, 2.75) is 13.8 Å². The smallest absolute Gasteiger partial charge is 0.355 e. The first-order valence-electron chi connectivity index (χ1n) is 4.35. The van der Waals surface area contributed by atoms with Crippen LogP contribution in [-0.2, 0) is 0 Å². The fourth-order valence-corrected chi connectivity index (χ4v) is 3.08. The van der Waals surface area contributed by atoms with Crippen molar-refractivity contribution in [3.8, 4) is 9.88 Å². The van der Waals surface area contributed by atoms with Gasteiger partial charge in [-0.1, -0.05) is 0 Å². The van der Waals surface area contributed by atoms with E-state index in [1.807, 2.05) is 19.1 Å². The van der Waals surface area contributed by atoms with Crippen LogP contribution in [0.3, 0.4) is 0 Å². The maximum Gasteiger partial charge on any atom is 0.355 e. The molecule has 78 valence electrons. The van der Waals surface area contributed by atoms with Gasteiger partial charge >= 0.3 is 5.97 Å². The van der Waals surface area contributed by atoms with Crippen LogP contribution in [0.1, 0.15) is 20.2 Å². The topological polar surface area (TPSA) is 50.2 Å². The molecule has 0 amide bonds. The van der Waals surface area contributed by atoms with E-state index in [0.29, 0.717) is 0 Å². The van der Waals surface area contributed by atoms with Crippen LogP contribution in [0, 0.1) is 13.8 Å². The molecule has 3 nitrogen and oxygen atoms in total. The highest BCUT2D eigenvalue weighted by Crippen LogP contribution is 2.32. The van der Waals surface area contributed by atoms with Crippen molar-refractivity contribution in [1.82, 2.24) is 4.98 Å². The molecule has 2 aromatic heterocycles. The number of carboxylic acids is 1. The van der Waals surface area contributed by atoms with E-state index in [1.165, 1.54) is 16.2 Å². The average molecular weight is 239 g/mol. The highest BCUT2D eigenvalue weighted by atomic mass is 32.1. The lowest BCUT2D eigenvalue weighted by molar-refractivity contribution is 0.0690. The monoisotopic (exact) mass is 239 g/mol. The number of aromatic nitrogens is 1. The number of rotatable bonds is 2. The number of hydrogen-bond acceptors (Lipinski definition) is 4. The van der Waals surface area contributed by atoms with E-state index in [9.17, 15) is 4.79 Å². The van der Waals surface area contributed by atoms with Crippen LogP contribution in [0.2, 0.25) is 0 Å². The lowest BCUT2D eigenvalue weighted by Gasteiger charge is -1.86. The molecular weight excluding hydrogens is 230 g/mol. The molecular formula is C10H9NO2S2. The van der Waals surface area contributed by atoms with E-state index in [-0.39, 0.29) is 5.69 Å². The van der Waals surface area contributed by atoms with Gasteiger partial charge in [0, 0.05) is 9.75 Å². The van der Waals surface area contributed by atoms with Crippen molar-refractivity contribution in [1.29, 1.82) is 0 Å². The third-order valence-corrected chi connectivity index (χ3v) is 4.09. The Labute approximate surface area is 95.0 Å². The van der Waals surface area contributed by atoms with Crippen LogP contribution < -0.4 is 0 Å². The summed E-state index contributed by atoms with van der Waals surface area (Å²) in [6.45, 7) is 3.80. The second kappa shape index (κ2) is 3.75. The van der Waals surface area contributed by atoms with Crippen molar-refractivity contribution in [3.63, 3.8) is 0 Å². The average Bonchev–Trinajstić information content (AvgIpc) is 2.71. The Bertz CT molecular complexity index is 513. The van der Waals surface area contributed by atoms with E-state index in [1.54, 1.807) is 18.3 Å². The lowest BCUT2D eigenvalue weighted by atomic mass is 10.4. The Morgan fingerprint density at radius 2 is 2.07 bits per heavy atom. The molecule has 0 saturated heterocycles. The highest BCUT2D eigenvalue weighted by Gasteiger charge is 2.15. The zero-order chi connectivity index (χ0) is 11.0. The molecule has 0 bridgehead atoms. The summed E-state index contributed by atoms with van der Waals surface area (Å²) in [5.41, 5.74) is 0.168. The second-order valence-electron chi connectivity index (χ2n) is 3.14. The summed E-state index contributed by atoms with van der Waals surface area (Å²) < 4.78 is 0. The second-order valence-corrected chi connectivity index (χ2v) is 5.63. The minimum absolute atomic E-state index is 0.168. The number of carbonyl (C=O) groups is 1. The van der Waals surface area contributed by atoms with Crippen LogP contribution in [0.5, 0.6) is 0 Å². The van der Waals surface area contributed by atoms with Gasteiger partial charge in [0.05, 0.1) is 4.88 Å². The summed E-state index contributed by atoms with van der Waals surface area (Å²) in [6.07, 6.45) is 0. The van der Waals surface area contributed by atoms with Gasteiger partial charge in [0.1, 0.15) is 5.01 Å². The highest BCUT2D eigenvalue weighted by molar-refractivity contribution is 7.21. The van der Waals surface area contributed by atoms with E-state index in [0.717, 1.165) is 14.8 Å². The molecule has 0 atom stereocenters. The maximum absolute atomic E-state index is 10.8. The van der Waals surface area contributed by atoms with Crippen LogP contribution in [0.4, 0.5) is 0 Å². The summed E-state index contributed by atoms with van der Waals surface area (Å²) in [5, 5.41) is 9.67. The van der Waals surface area contributed by atoms with Gasteiger partial charge in [-0.3, -0.25) is 0 Å². The van der Waals surface area contributed by atoms with Crippen molar-refractivity contribution < 1.29 is 9.90 Å². The van der Waals surface area contributed by atoms with E-state index < -0.39 is 5.97 Å². The zero-order valence-corrected chi connectivity index (χ0v) is 9.91. The minimum Gasteiger partial charge on any atom is -0.476 e. The molecule has 0 fully saturated rings. The molecule has 0 spiro atoms. The molecule has 1 N–H and O–H groups in total. The van der Waals surface area contributed by atoms with Gasteiger partial charge in [0.15, 0.2) is 5.69 Å². The SMILES string of the molecule is Cc1ccc(-c2nc(C(=O)O)c(C)s2)s1. The molecule has 0 aliphatic heterocycles. The predicted molar refractivity (Wildman–Crippen MR) is 61.9 cm³/mol. The standard InChI is InChI=1S/C10H9NO2S2/c1-5-3-4-7(14-5)9-11-8(10(12)13)6(2)15-9/h3-4H,1-2H3,(H,12,13). The van der Waals surface area contributed by atoms with Gasteiger partial charge in [-0.05, 0) is 26.0 Å². The third-order valence-electron chi connectivity index (χ3n) is 1.95. The minimum atomic E-state index is -0.955. The van der Waals surface area contributed by atoms with Crippen LogP contribution >= 0.6 is 22.7 Å². The largest absolute Gasteiger partial charge is 0.476 e. The van der Waals surface area contributed by atoms with Crippen LogP contribution in [0.25, 0.3) is 9.88 Å². The first-order chi connectivity index (χ1) is 7.08. The first kappa shape index (κ1) is 10.3. The van der Waals surface area contributed by atoms with Crippen molar-refractivity contribution in [2.75, 3.05) is 0 Å². The number of aryl methyl sites for hydroxylation is 2. The number of nitrogens with zero attached hydrogens (tertiary/aromatic N) is 1. The molecule has 15 heavy (non-hydrogen) atoms. The zero-order valence-electron chi connectivity index (χ0n) is 8.27. The van der Waals surface area contributed by atoms with Crippen molar-refractivity contribution >= 4 is 28.6 Å². The van der Waals surface area contributed by atoms with Gasteiger partial charge < -0.3 is 5.11 Å². The van der Waals surface area contributed by atoms with E-state index >= 15 is 0 Å². The maximum atomic E-state index is 10.8. The molecule has 0 radical (unpaired) electrons. The van der Waals surface area contributed by atoms with Gasteiger partial charge in [-0.2, -0.15) is 0 Å². The predicted octanol–water partition coefficient (Wildman–Crippen LogP) is 3.19. The third kappa shape index (κ3) is 1.93. The van der Waals surface area contributed by atoms with Gasteiger partial charge in [-0.15, -0.1) is 22.7 Å². The Kier molecular flexibility index (Phi) is 2.58. The van der Waals surface area contributed by atoms with Crippen LogP contribution in [0.15, 0.2) is 12.1 Å². The molecule has 2 aromatic rings. The normalized spacial score (nSPS) is 10.5. The summed E-state index contributed by atoms with van der Waals surface area (Å²) >= 11 is 3.06. The fraction of sp³-hybridized carbons (Fsp3) is 0.200. The van der Waals surface area contributed by atoms with Crippen LogP contribution in [-0.4, -0.2) is 16.1 Å². The molecule has 0 saturated carbocycles. The summed E-state index contributed by atoms with van der Waals surface area (Å²) in [6, 6.07) is 3.99. The first-order valence-corrected chi connectivity index (χ1v) is 5.99. The molecule has 0 unspecified atom stereocenters. The molecule has 0 aromatic carbocycles. The van der Waals surface area contributed by atoms with E-state index in [4.69, 9.17) is 5.11 Å². The number of thiazole rings is 1. The molecule has 2 rings (SSSR count). The number of aromatic carboxylic acids is 1. The molecule has 2 heterocycles. The fourth-order valence-electron chi connectivity index (χ4n) is 1.25. The van der Waals surface area contributed by atoms with Gasteiger partial charge in [0.25, 0.3) is 0 Å². The van der Waals surface area contributed by atoms with Crippen molar-refractivity contribution in [2.24, 2.45) is 0 Å². The molecule has 0 aliphatic carbocycles. The van der Waals surface area contributed by atoms with Gasteiger partial charge in [0.2, 0.25) is 0 Å². The summed E-state index contributed by atoms with van der Waals surface area (Å²) in [5.74, 6) is -0.955. The number of hydrogen-bond donors (Lipinski definition) is 1.